The molecule has 0 saturated carbocycles. The second-order valence-electron chi connectivity index (χ2n) is 10.1. The van der Waals surface area contributed by atoms with Crippen LogP contribution in [0.25, 0.3) is 16.7 Å². The van der Waals surface area contributed by atoms with Gasteiger partial charge in [0.1, 0.15) is 0 Å². The molecule has 0 bridgehead atoms. The van der Waals surface area contributed by atoms with E-state index < -0.39 is 0 Å². The molecule has 0 heterocycles. The van der Waals surface area contributed by atoms with Gasteiger partial charge in [-0.25, -0.2) is 0 Å². The summed E-state index contributed by atoms with van der Waals surface area (Å²) in [6.45, 7) is 14.0. The summed E-state index contributed by atoms with van der Waals surface area (Å²) in [5, 5.41) is 0. The molecule has 0 aliphatic heterocycles. The molecule has 151 valence electrons. The summed E-state index contributed by atoms with van der Waals surface area (Å²) in [6.07, 6.45) is 8.95. The zero-order chi connectivity index (χ0) is 19.6. The molecule has 0 radical (unpaired) electrons. The van der Waals surface area contributed by atoms with Gasteiger partial charge in [-0.2, -0.15) is 0 Å². The molecule has 0 unspecified atom stereocenters. The largest absolute Gasteiger partial charge is 1.00 e. The zero-order valence-corrected chi connectivity index (χ0v) is 22.2. The number of benzene rings is 2. The first-order chi connectivity index (χ1) is 12.6. The van der Waals surface area contributed by atoms with Gasteiger partial charge in [0.25, 0.3) is 0 Å². The summed E-state index contributed by atoms with van der Waals surface area (Å²) in [6, 6.07) is 9.67. The molecule has 0 atom stereocenters. The number of halogens is 2. The molecule has 2 aromatic rings. The number of rotatable bonds is 1. The fourth-order valence-electron chi connectivity index (χ4n) is 4.49. The monoisotopic (exact) mass is 501 g/mol. The molecule has 0 aromatic heterocycles. The van der Waals surface area contributed by atoms with E-state index >= 15 is 0 Å². The van der Waals surface area contributed by atoms with Crippen molar-refractivity contribution in [1.29, 1.82) is 0 Å². The van der Waals surface area contributed by atoms with Crippen LogP contribution in [-0.2, 0) is 42.0 Å². The Balaban J connectivity index is 0.00000150. The SMILES string of the molecule is CC(C)(C)c1ccc2c(c1)Cc1c-2cc(C2=CC=CC2)c(C(C)(C)C)[c]1[Zr+2].[Cl-].[Cl-]. The van der Waals surface area contributed by atoms with Gasteiger partial charge < -0.3 is 24.8 Å². The molecule has 2 aromatic carbocycles. The van der Waals surface area contributed by atoms with Crippen LogP contribution >= 0.6 is 0 Å². The van der Waals surface area contributed by atoms with Crippen molar-refractivity contribution >= 4 is 8.84 Å². The van der Waals surface area contributed by atoms with Gasteiger partial charge in [-0.05, 0) is 0 Å². The first kappa shape index (κ1) is 24.7. The molecule has 0 fully saturated rings. The molecular weight excluding hydrogens is 474 g/mol. The Morgan fingerprint density at radius 2 is 1.52 bits per heavy atom. The average Bonchev–Trinajstić information content (AvgIpc) is 3.19. The van der Waals surface area contributed by atoms with Crippen molar-refractivity contribution in [2.45, 2.75) is 65.2 Å². The standard InChI is InChI=1S/C26H29.2ClH.Zr/c1-25(2,3)20-11-12-21-18(14-20)13-19-15-24(26(4,5)6)23(16-22(19)21)17-9-7-8-10-17;;;/h7-9,11-12,14,16H,10,13H2,1-6H3;2*1H;/q;;;+2/p-2. The van der Waals surface area contributed by atoms with E-state index in [1.54, 1.807) is 39.1 Å². The van der Waals surface area contributed by atoms with Crippen molar-refractivity contribution in [3.8, 4) is 11.1 Å². The van der Waals surface area contributed by atoms with Gasteiger partial charge in [0.2, 0.25) is 0 Å². The predicted octanol–water partition coefficient (Wildman–Crippen LogP) is 0.376. The first-order valence-electron chi connectivity index (χ1n) is 9.99. The Hall–Kier alpha value is -0.617. The Labute approximate surface area is 203 Å². The van der Waals surface area contributed by atoms with Gasteiger partial charge in [0, 0.05) is 0 Å². The van der Waals surface area contributed by atoms with E-state index in [-0.39, 0.29) is 35.6 Å². The Bertz CT molecular complexity index is 999. The average molecular weight is 504 g/mol. The maximum absolute atomic E-state index is 2.50. The molecule has 29 heavy (non-hydrogen) atoms. The van der Waals surface area contributed by atoms with Crippen molar-refractivity contribution in [1.82, 2.24) is 0 Å². The van der Waals surface area contributed by atoms with Crippen LogP contribution in [0.5, 0.6) is 0 Å². The van der Waals surface area contributed by atoms with Crippen molar-refractivity contribution in [3.63, 3.8) is 0 Å². The van der Waals surface area contributed by atoms with Crippen molar-refractivity contribution in [2.24, 2.45) is 0 Å². The second-order valence-corrected chi connectivity index (χ2v) is 11.3. The molecule has 2 aliphatic rings. The summed E-state index contributed by atoms with van der Waals surface area (Å²) in [5.41, 5.74) is 12.4. The maximum atomic E-state index is 2.50. The fraction of sp³-hybridized carbons (Fsp3) is 0.385. The van der Waals surface area contributed by atoms with Crippen LogP contribution in [0, 0.1) is 0 Å². The molecule has 4 rings (SSSR count). The minimum atomic E-state index is 0. The third kappa shape index (κ3) is 4.39. The first-order valence-corrected chi connectivity index (χ1v) is 11.2. The zero-order valence-electron chi connectivity index (χ0n) is 18.2. The van der Waals surface area contributed by atoms with E-state index in [1.165, 1.54) is 33.4 Å². The summed E-state index contributed by atoms with van der Waals surface area (Å²) >= 11 is 1.54. The van der Waals surface area contributed by atoms with Crippen LogP contribution in [0.1, 0.15) is 75.8 Å². The Morgan fingerprint density at radius 1 is 0.828 bits per heavy atom. The molecule has 0 saturated heterocycles. The van der Waals surface area contributed by atoms with Crippen LogP contribution in [0.2, 0.25) is 0 Å². The fourth-order valence-corrected chi connectivity index (χ4v) is 6.29. The van der Waals surface area contributed by atoms with Gasteiger partial charge >= 0.3 is 180 Å². The molecule has 0 N–H and O–H groups in total. The minimum absolute atomic E-state index is 0. The van der Waals surface area contributed by atoms with Crippen molar-refractivity contribution < 1.29 is 49.5 Å². The van der Waals surface area contributed by atoms with Crippen LogP contribution in [-0.4, -0.2) is 0 Å². The van der Waals surface area contributed by atoms with E-state index in [0.29, 0.717) is 0 Å². The van der Waals surface area contributed by atoms with E-state index in [2.05, 4.69) is 84.0 Å². The van der Waals surface area contributed by atoms with E-state index in [4.69, 9.17) is 0 Å². The van der Waals surface area contributed by atoms with E-state index in [1.807, 2.05) is 0 Å². The summed E-state index contributed by atoms with van der Waals surface area (Å²) in [4.78, 5) is 0. The number of hydrogen-bond acceptors (Lipinski definition) is 0. The summed E-state index contributed by atoms with van der Waals surface area (Å²) in [7, 11) is 0. The summed E-state index contributed by atoms with van der Waals surface area (Å²) in [5.74, 6) is 0. The molecular formula is C26H29Cl2Zr. The predicted molar refractivity (Wildman–Crippen MR) is 113 cm³/mol. The summed E-state index contributed by atoms with van der Waals surface area (Å²) < 4.78 is 1.59. The van der Waals surface area contributed by atoms with Crippen LogP contribution in [0.4, 0.5) is 0 Å². The third-order valence-electron chi connectivity index (χ3n) is 5.93. The molecule has 2 aliphatic carbocycles. The smallest absolute Gasteiger partial charge is 1.00 e. The maximum Gasteiger partial charge on any atom is -1.00 e. The normalized spacial score (nSPS) is 14.7. The number of hydrogen-bond donors (Lipinski definition) is 0. The molecule has 0 amide bonds. The van der Waals surface area contributed by atoms with E-state index in [0.717, 1.165) is 12.8 Å². The third-order valence-corrected chi connectivity index (χ3v) is 7.29. The van der Waals surface area contributed by atoms with Gasteiger partial charge in [0.05, 0.1) is 0 Å². The number of fused-ring (bicyclic) bond motifs is 3. The van der Waals surface area contributed by atoms with Crippen molar-refractivity contribution in [2.75, 3.05) is 0 Å². The molecule has 0 spiro atoms. The van der Waals surface area contributed by atoms with Crippen LogP contribution in [0.15, 0.2) is 42.5 Å². The Morgan fingerprint density at radius 3 is 2.07 bits per heavy atom. The van der Waals surface area contributed by atoms with Crippen LogP contribution in [0.3, 0.4) is 0 Å². The van der Waals surface area contributed by atoms with E-state index in [9.17, 15) is 0 Å². The van der Waals surface area contributed by atoms with Crippen molar-refractivity contribution in [3.05, 3.63) is 70.3 Å². The van der Waals surface area contributed by atoms with Gasteiger partial charge in [-0.3, -0.25) is 0 Å². The quantitative estimate of drug-likeness (QED) is 0.451. The van der Waals surface area contributed by atoms with Gasteiger partial charge in [-0.15, -0.1) is 0 Å². The molecule has 3 heteroatoms. The number of allylic oxidation sites excluding steroid dienone is 4. The van der Waals surface area contributed by atoms with Gasteiger partial charge in [0.15, 0.2) is 0 Å². The molecule has 0 nitrogen and oxygen atoms in total. The topological polar surface area (TPSA) is 0 Å². The second kappa shape index (κ2) is 8.49. The van der Waals surface area contributed by atoms with Gasteiger partial charge in [-0.1, -0.05) is 0 Å². The minimum Gasteiger partial charge on any atom is -1.00 e. The van der Waals surface area contributed by atoms with Crippen LogP contribution < -0.4 is 28.1 Å². The Kier molecular flexibility index (Phi) is 7.22.